The van der Waals surface area contributed by atoms with Gasteiger partial charge in [0.25, 0.3) is 0 Å². The molecule has 0 amide bonds. The van der Waals surface area contributed by atoms with Crippen LogP contribution in [0.25, 0.3) is 0 Å². The molecule has 70 valence electrons. The number of carbonyl (C=O) groups is 1. The Bertz CT molecular complexity index is 366. The van der Waals surface area contributed by atoms with Crippen LogP contribution in [0.1, 0.15) is 23.5 Å². The van der Waals surface area contributed by atoms with Crippen LogP contribution < -0.4 is 0 Å². The van der Waals surface area contributed by atoms with Gasteiger partial charge in [0.1, 0.15) is 11.5 Å². The van der Waals surface area contributed by atoms with Crippen molar-refractivity contribution in [2.24, 2.45) is 0 Å². The third-order valence-corrected chi connectivity index (χ3v) is 2.45. The van der Waals surface area contributed by atoms with E-state index in [1.54, 1.807) is 13.0 Å². The number of carboxylic acids is 1. The van der Waals surface area contributed by atoms with E-state index in [0.717, 1.165) is 0 Å². The van der Waals surface area contributed by atoms with Gasteiger partial charge in [-0.25, -0.2) is 4.79 Å². The largest absolute Gasteiger partial charge is 0.479 e. The number of hydrogen-bond acceptors (Lipinski definition) is 3. The van der Waals surface area contributed by atoms with Crippen molar-refractivity contribution in [3.63, 3.8) is 0 Å². The monoisotopic (exact) mass is 182 g/mol. The molecule has 0 aliphatic heterocycles. The molecule has 0 spiro atoms. The molecule has 4 nitrogen and oxygen atoms in total. The van der Waals surface area contributed by atoms with Gasteiger partial charge in [-0.15, -0.1) is 0 Å². The zero-order chi connectivity index (χ0) is 9.64. The number of aryl methyl sites for hydroxylation is 2. The van der Waals surface area contributed by atoms with Gasteiger partial charge in [0.2, 0.25) is 0 Å². The summed E-state index contributed by atoms with van der Waals surface area (Å²) in [5, 5.41) is 18.6. The van der Waals surface area contributed by atoms with Crippen LogP contribution in [0.3, 0.4) is 0 Å². The summed E-state index contributed by atoms with van der Waals surface area (Å²) in [6.45, 7) is 1.74. The summed E-state index contributed by atoms with van der Waals surface area (Å²) >= 11 is 0. The molecule has 1 aromatic rings. The summed E-state index contributed by atoms with van der Waals surface area (Å²) in [5.41, 5.74) is -1.31. The lowest BCUT2D eigenvalue weighted by Gasteiger charge is -2.15. The van der Waals surface area contributed by atoms with Gasteiger partial charge < -0.3 is 14.6 Å². The van der Waals surface area contributed by atoms with Crippen LogP contribution >= 0.6 is 0 Å². The number of fused-ring (bicyclic) bond motifs is 1. The minimum Gasteiger partial charge on any atom is -0.479 e. The molecule has 0 radical (unpaired) electrons. The van der Waals surface area contributed by atoms with Crippen molar-refractivity contribution >= 4 is 5.97 Å². The summed E-state index contributed by atoms with van der Waals surface area (Å²) in [6.07, 6.45) is 0.697. The molecule has 13 heavy (non-hydrogen) atoms. The fourth-order valence-electron chi connectivity index (χ4n) is 1.75. The lowest BCUT2D eigenvalue weighted by Crippen LogP contribution is -2.32. The van der Waals surface area contributed by atoms with Crippen molar-refractivity contribution in [1.82, 2.24) is 0 Å². The number of furan rings is 1. The molecule has 0 saturated carbocycles. The molecule has 1 unspecified atom stereocenters. The normalized spacial score (nSPS) is 26.0. The highest BCUT2D eigenvalue weighted by Gasteiger charge is 2.46. The second-order valence-corrected chi connectivity index (χ2v) is 3.36. The third-order valence-electron chi connectivity index (χ3n) is 2.45. The molecule has 1 atom stereocenters. The van der Waals surface area contributed by atoms with E-state index in [9.17, 15) is 9.90 Å². The van der Waals surface area contributed by atoms with Crippen LogP contribution in [0.5, 0.6) is 0 Å². The molecule has 0 saturated heterocycles. The van der Waals surface area contributed by atoms with E-state index < -0.39 is 11.6 Å². The fourth-order valence-corrected chi connectivity index (χ4v) is 1.75. The van der Waals surface area contributed by atoms with E-state index in [1.807, 2.05) is 0 Å². The first-order valence-corrected chi connectivity index (χ1v) is 4.09. The summed E-state index contributed by atoms with van der Waals surface area (Å²) in [4.78, 5) is 10.8. The Hall–Kier alpha value is -1.29. The maximum absolute atomic E-state index is 10.8. The van der Waals surface area contributed by atoms with E-state index >= 15 is 0 Å². The number of carboxylic acid groups (broad SMARTS) is 1. The Labute approximate surface area is 74.8 Å². The lowest BCUT2D eigenvalue weighted by atomic mass is 9.98. The van der Waals surface area contributed by atoms with Crippen molar-refractivity contribution in [3.05, 3.63) is 23.2 Å². The van der Waals surface area contributed by atoms with Crippen LogP contribution in [-0.2, 0) is 16.8 Å². The second kappa shape index (κ2) is 2.35. The van der Waals surface area contributed by atoms with Gasteiger partial charge >= 0.3 is 5.97 Å². The molecule has 2 N–H and O–H groups in total. The van der Waals surface area contributed by atoms with E-state index in [-0.39, 0.29) is 6.42 Å². The lowest BCUT2D eigenvalue weighted by molar-refractivity contribution is -0.159. The molecule has 1 aliphatic rings. The van der Waals surface area contributed by atoms with Gasteiger partial charge in [-0.1, -0.05) is 0 Å². The fraction of sp³-hybridized carbons (Fsp3) is 0.444. The smallest absolute Gasteiger partial charge is 0.340 e. The van der Waals surface area contributed by atoms with Crippen LogP contribution in [-0.4, -0.2) is 16.2 Å². The zero-order valence-corrected chi connectivity index (χ0v) is 7.20. The van der Waals surface area contributed by atoms with E-state index in [4.69, 9.17) is 9.52 Å². The van der Waals surface area contributed by atoms with E-state index in [0.29, 0.717) is 23.5 Å². The van der Waals surface area contributed by atoms with Crippen molar-refractivity contribution in [1.29, 1.82) is 0 Å². The zero-order valence-electron chi connectivity index (χ0n) is 7.20. The van der Waals surface area contributed by atoms with E-state index in [1.165, 1.54) is 0 Å². The third kappa shape index (κ3) is 0.986. The maximum atomic E-state index is 10.8. The summed E-state index contributed by atoms with van der Waals surface area (Å²) in [6, 6.07) is 1.59. The SMILES string of the molecule is Cc1cc2c(o1)CCC2(O)C(=O)O. The summed E-state index contributed by atoms with van der Waals surface area (Å²) in [5.74, 6) is 0.0406. The first-order chi connectivity index (χ1) is 6.04. The average molecular weight is 182 g/mol. The van der Waals surface area contributed by atoms with E-state index in [2.05, 4.69) is 0 Å². The molecule has 4 heteroatoms. The number of rotatable bonds is 1. The van der Waals surface area contributed by atoms with Crippen molar-refractivity contribution in [3.8, 4) is 0 Å². The molecule has 0 bridgehead atoms. The number of aliphatic carboxylic acids is 1. The van der Waals surface area contributed by atoms with Gasteiger partial charge in [0.15, 0.2) is 5.60 Å². The minimum atomic E-state index is -1.73. The Morgan fingerprint density at radius 1 is 1.69 bits per heavy atom. The molecule has 1 aromatic heterocycles. The van der Waals surface area contributed by atoms with Gasteiger partial charge in [0.05, 0.1) is 0 Å². The Morgan fingerprint density at radius 2 is 2.38 bits per heavy atom. The second-order valence-electron chi connectivity index (χ2n) is 3.36. The highest BCUT2D eigenvalue weighted by molar-refractivity contribution is 5.80. The van der Waals surface area contributed by atoms with Crippen LogP contribution in [0, 0.1) is 6.92 Å². The minimum absolute atomic E-state index is 0.205. The van der Waals surface area contributed by atoms with Crippen molar-refractivity contribution in [2.75, 3.05) is 0 Å². The predicted octanol–water partition coefficient (Wildman–Crippen LogP) is 0.806. The van der Waals surface area contributed by atoms with Gasteiger partial charge in [-0.05, 0) is 19.4 Å². The first kappa shape index (κ1) is 8.31. The first-order valence-electron chi connectivity index (χ1n) is 4.09. The molecular weight excluding hydrogens is 172 g/mol. The summed E-state index contributed by atoms with van der Waals surface area (Å²) in [7, 11) is 0. The van der Waals surface area contributed by atoms with Crippen LogP contribution in [0.15, 0.2) is 10.5 Å². The Morgan fingerprint density at radius 3 is 3.00 bits per heavy atom. The molecule has 0 fully saturated rings. The molecule has 1 aliphatic carbocycles. The molecular formula is C9H10O4. The number of aliphatic hydroxyl groups is 1. The van der Waals surface area contributed by atoms with Crippen molar-refractivity contribution in [2.45, 2.75) is 25.4 Å². The maximum Gasteiger partial charge on any atom is 0.340 e. The van der Waals surface area contributed by atoms with Gasteiger partial charge in [-0.2, -0.15) is 0 Å². The summed E-state index contributed by atoms with van der Waals surface area (Å²) < 4.78 is 5.25. The number of hydrogen-bond donors (Lipinski definition) is 2. The predicted molar refractivity (Wildman–Crippen MR) is 43.3 cm³/mol. The van der Waals surface area contributed by atoms with Crippen LogP contribution in [0.4, 0.5) is 0 Å². The molecule has 0 aromatic carbocycles. The highest BCUT2D eigenvalue weighted by atomic mass is 16.4. The quantitative estimate of drug-likeness (QED) is 0.674. The Kier molecular flexibility index (Phi) is 1.51. The van der Waals surface area contributed by atoms with Gasteiger partial charge in [0, 0.05) is 12.0 Å². The standard InChI is InChI=1S/C9H10O4/c1-5-4-6-7(13-5)2-3-9(6,12)8(10)11/h4,12H,2-3H2,1H3,(H,10,11). The van der Waals surface area contributed by atoms with Gasteiger partial charge in [-0.3, -0.25) is 0 Å². The average Bonchev–Trinajstić information content (AvgIpc) is 2.53. The topological polar surface area (TPSA) is 70.7 Å². The van der Waals surface area contributed by atoms with Crippen LogP contribution in [0.2, 0.25) is 0 Å². The molecule has 1 heterocycles. The van der Waals surface area contributed by atoms with Crippen molar-refractivity contribution < 1.29 is 19.4 Å². The highest BCUT2D eigenvalue weighted by Crippen LogP contribution is 2.38. The Balaban J connectivity index is 2.53. The molecule has 2 rings (SSSR count).